The third kappa shape index (κ3) is 1.54. The molecule has 1 aliphatic heterocycles. The molecule has 1 atom stereocenters. The quantitative estimate of drug-likeness (QED) is 0.775. The van der Waals surface area contributed by atoms with Gasteiger partial charge in [-0.2, -0.15) is 0 Å². The first-order chi connectivity index (χ1) is 8.56. The van der Waals surface area contributed by atoms with Crippen molar-refractivity contribution in [2.75, 3.05) is 6.54 Å². The van der Waals surface area contributed by atoms with Gasteiger partial charge in [-0.3, -0.25) is 0 Å². The molecule has 0 saturated heterocycles. The van der Waals surface area contributed by atoms with Crippen LogP contribution in [0.1, 0.15) is 24.2 Å². The Bertz CT molecular complexity index is 632. The van der Waals surface area contributed by atoms with E-state index < -0.39 is 6.09 Å². The van der Waals surface area contributed by atoms with Gasteiger partial charge in [0, 0.05) is 23.8 Å². The molecule has 18 heavy (non-hydrogen) atoms. The summed E-state index contributed by atoms with van der Waals surface area (Å²) in [6.45, 7) is 4.99. The second kappa shape index (κ2) is 3.73. The summed E-state index contributed by atoms with van der Waals surface area (Å²) in [6, 6.07) is 4.25. The number of carboxylic acid groups (broad SMARTS) is 1. The normalized spacial score (nSPS) is 19.0. The van der Waals surface area contributed by atoms with Crippen LogP contribution in [0.4, 0.5) is 4.79 Å². The van der Waals surface area contributed by atoms with Crippen LogP contribution in [-0.2, 0) is 6.54 Å². The zero-order chi connectivity index (χ0) is 12.9. The van der Waals surface area contributed by atoms with Crippen LogP contribution < -0.4 is 0 Å². The summed E-state index contributed by atoms with van der Waals surface area (Å²) >= 11 is 0. The largest absolute Gasteiger partial charge is 0.465 e. The van der Waals surface area contributed by atoms with Gasteiger partial charge in [-0.25, -0.2) is 9.78 Å². The van der Waals surface area contributed by atoms with Gasteiger partial charge in [0.15, 0.2) is 0 Å². The fraction of sp³-hybridized carbons (Fsp3) is 0.385. The summed E-state index contributed by atoms with van der Waals surface area (Å²) in [5, 5.41) is 10.2. The number of hydrogen-bond acceptors (Lipinski definition) is 2. The van der Waals surface area contributed by atoms with Crippen LogP contribution in [0, 0.1) is 6.92 Å². The van der Waals surface area contributed by atoms with E-state index in [0.29, 0.717) is 13.1 Å². The maximum absolute atomic E-state index is 11.1. The first-order valence-corrected chi connectivity index (χ1v) is 6.00. The van der Waals surface area contributed by atoms with Crippen molar-refractivity contribution < 1.29 is 9.90 Å². The van der Waals surface area contributed by atoms with E-state index in [2.05, 4.69) is 15.6 Å². The Morgan fingerprint density at radius 3 is 3.00 bits per heavy atom. The van der Waals surface area contributed by atoms with Gasteiger partial charge in [0.1, 0.15) is 5.65 Å². The first-order valence-electron chi connectivity index (χ1n) is 6.00. The summed E-state index contributed by atoms with van der Waals surface area (Å²) in [4.78, 5) is 17.0. The van der Waals surface area contributed by atoms with Gasteiger partial charge in [0.25, 0.3) is 0 Å². The van der Waals surface area contributed by atoms with Crippen LogP contribution in [-0.4, -0.2) is 32.2 Å². The number of hydrogen-bond donors (Lipinski definition) is 1. The molecule has 3 heterocycles. The third-order valence-corrected chi connectivity index (χ3v) is 3.44. The Morgan fingerprint density at radius 1 is 1.50 bits per heavy atom. The molecule has 0 aromatic carbocycles. The van der Waals surface area contributed by atoms with Crippen molar-refractivity contribution in [2.24, 2.45) is 0 Å². The zero-order valence-corrected chi connectivity index (χ0v) is 10.4. The molecule has 0 fully saturated rings. The lowest BCUT2D eigenvalue weighted by Gasteiger charge is -2.31. The molecule has 2 aromatic heterocycles. The van der Waals surface area contributed by atoms with Crippen LogP contribution in [0.3, 0.4) is 0 Å². The number of rotatable bonds is 0. The van der Waals surface area contributed by atoms with E-state index in [9.17, 15) is 4.79 Å². The average Bonchev–Trinajstić information content (AvgIpc) is 2.66. The lowest BCUT2D eigenvalue weighted by atomic mass is 10.2. The van der Waals surface area contributed by atoms with E-state index in [1.54, 1.807) is 0 Å². The highest BCUT2D eigenvalue weighted by atomic mass is 16.4. The Morgan fingerprint density at radius 2 is 2.28 bits per heavy atom. The monoisotopic (exact) mass is 245 g/mol. The van der Waals surface area contributed by atoms with Crippen LogP contribution >= 0.6 is 0 Å². The minimum absolute atomic E-state index is 0.123. The molecule has 3 rings (SSSR count). The van der Waals surface area contributed by atoms with Gasteiger partial charge in [0.05, 0.1) is 12.6 Å². The van der Waals surface area contributed by atoms with Crippen molar-refractivity contribution in [2.45, 2.75) is 26.4 Å². The number of pyridine rings is 1. The molecule has 0 radical (unpaired) electrons. The minimum Gasteiger partial charge on any atom is -0.465 e. The molecule has 0 bridgehead atoms. The predicted octanol–water partition coefficient (Wildman–Crippen LogP) is 2.40. The number of fused-ring (bicyclic) bond motifs is 3. The molecule has 2 aromatic rings. The molecule has 0 saturated carbocycles. The number of aromatic nitrogens is 2. The molecule has 0 aliphatic carbocycles. The van der Waals surface area contributed by atoms with Crippen LogP contribution in [0.15, 0.2) is 18.3 Å². The fourth-order valence-electron chi connectivity index (χ4n) is 2.70. The molecule has 1 aliphatic rings. The van der Waals surface area contributed by atoms with Crippen molar-refractivity contribution in [3.8, 4) is 0 Å². The SMILES string of the molecule is Cc1cnc2c(c1)cc1n2[C@H](C)CN(C(=O)O)C1. The molecule has 1 amide bonds. The zero-order valence-electron chi connectivity index (χ0n) is 10.4. The van der Waals surface area contributed by atoms with Gasteiger partial charge < -0.3 is 14.6 Å². The van der Waals surface area contributed by atoms with Crippen molar-refractivity contribution in [3.05, 3.63) is 29.6 Å². The summed E-state index contributed by atoms with van der Waals surface area (Å²) < 4.78 is 2.15. The van der Waals surface area contributed by atoms with Crippen LogP contribution in [0.25, 0.3) is 11.0 Å². The van der Waals surface area contributed by atoms with E-state index in [0.717, 1.165) is 22.3 Å². The fourth-order valence-corrected chi connectivity index (χ4v) is 2.70. The van der Waals surface area contributed by atoms with Gasteiger partial charge >= 0.3 is 6.09 Å². The average molecular weight is 245 g/mol. The summed E-state index contributed by atoms with van der Waals surface area (Å²) in [7, 11) is 0. The predicted molar refractivity (Wildman–Crippen MR) is 67.6 cm³/mol. The summed E-state index contributed by atoms with van der Waals surface area (Å²) in [5.41, 5.74) is 3.09. The standard InChI is InChI=1S/C13H15N3O2/c1-8-3-10-4-11-7-15(13(17)18)6-9(2)16(11)12(10)14-5-8/h3-5,9H,6-7H2,1-2H3,(H,17,18)/t9-/m1/s1. The maximum atomic E-state index is 11.1. The smallest absolute Gasteiger partial charge is 0.407 e. The Hall–Kier alpha value is -2.04. The van der Waals surface area contributed by atoms with Gasteiger partial charge in [-0.1, -0.05) is 0 Å². The first kappa shape index (κ1) is 11.1. The van der Waals surface area contributed by atoms with Crippen molar-refractivity contribution in [1.82, 2.24) is 14.5 Å². The highest BCUT2D eigenvalue weighted by Crippen LogP contribution is 2.28. The summed E-state index contributed by atoms with van der Waals surface area (Å²) in [6.07, 6.45) is 0.994. The highest BCUT2D eigenvalue weighted by Gasteiger charge is 2.27. The minimum atomic E-state index is -0.859. The van der Waals surface area contributed by atoms with Crippen molar-refractivity contribution in [3.63, 3.8) is 0 Å². The molecular formula is C13H15N3O2. The Kier molecular flexibility index (Phi) is 2.29. The lowest BCUT2D eigenvalue weighted by Crippen LogP contribution is -2.39. The molecule has 94 valence electrons. The van der Waals surface area contributed by atoms with Gasteiger partial charge in [-0.15, -0.1) is 0 Å². The van der Waals surface area contributed by atoms with E-state index in [-0.39, 0.29) is 6.04 Å². The van der Waals surface area contributed by atoms with Crippen molar-refractivity contribution in [1.29, 1.82) is 0 Å². The summed E-state index contributed by atoms with van der Waals surface area (Å²) in [5.74, 6) is 0. The molecule has 0 unspecified atom stereocenters. The lowest BCUT2D eigenvalue weighted by molar-refractivity contribution is 0.125. The van der Waals surface area contributed by atoms with Gasteiger partial charge in [0.2, 0.25) is 0 Å². The molecular weight excluding hydrogens is 230 g/mol. The van der Waals surface area contributed by atoms with E-state index in [1.807, 2.05) is 26.1 Å². The maximum Gasteiger partial charge on any atom is 0.407 e. The second-order valence-electron chi connectivity index (χ2n) is 4.94. The number of amides is 1. The van der Waals surface area contributed by atoms with Crippen molar-refractivity contribution >= 4 is 17.1 Å². The Balaban J connectivity index is 2.15. The van der Waals surface area contributed by atoms with Gasteiger partial charge in [-0.05, 0) is 31.5 Å². The van der Waals surface area contributed by atoms with E-state index in [4.69, 9.17) is 5.11 Å². The topological polar surface area (TPSA) is 58.4 Å². The number of nitrogens with zero attached hydrogens (tertiary/aromatic N) is 3. The van der Waals surface area contributed by atoms with Crippen LogP contribution in [0.5, 0.6) is 0 Å². The number of carbonyl (C=O) groups is 1. The third-order valence-electron chi connectivity index (χ3n) is 3.44. The van der Waals surface area contributed by atoms with Crippen LogP contribution in [0.2, 0.25) is 0 Å². The Labute approximate surface area is 105 Å². The molecule has 0 spiro atoms. The number of aryl methyl sites for hydroxylation is 1. The second-order valence-corrected chi connectivity index (χ2v) is 4.94. The molecule has 5 heteroatoms. The highest BCUT2D eigenvalue weighted by molar-refractivity contribution is 5.79. The molecule has 5 nitrogen and oxygen atoms in total. The van der Waals surface area contributed by atoms with E-state index in [1.165, 1.54) is 4.90 Å². The molecule has 1 N–H and O–H groups in total. The van der Waals surface area contributed by atoms with E-state index >= 15 is 0 Å².